The van der Waals surface area contributed by atoms with E-state index in [9.17, 15) is 4.57 Å². The third kappa shape index (κ3) is 9.02. The second-order valence-electron chi connectivity index (χ2n) is 4.06. The van der Waals surface area contributed by atoms with E-state index >= 15 is 0 Å². The standard InChI is InChI=1S/C12H29N2O5P/c1-7-13(8-2)16-11(5)18-20(15)19-12(6)17-14(9-3)10-4/h11-12,20H,7-10H2,1-6H3. The summed E-state index contributed by atoms with van der Waals surface area (Å²) < 4.78 is 22.1. The summed E-state index contributed by atoms with van der Waals surface area (Å²) in [5.74, 6) is 0. The van der Waals surface area contributed by atoms with Crippen LogP contribution in [-0.4, -0.2) is 48.9 Å². The molecule has 0 aliphatic heterocycles. The molecule has 0 aliphatic rings. The molecule has 0 saturated heterocycles. The molecule has 2 atom stereocenters. The number of hydroxylamine groups is 4. The van der Waals surface area contributed by atoms with Crippen molar-refractivity contribution in [2.75, 3.05) is 26.2 Å². The van der Waals surface area contributed by atoms with Crippen LogP contribution in [0, 0.1) is 0 Å². The number of hydrogen-bond acceptors (Lipinski definition) is 7. The zero-order chi connectivity index (χ0) is 15.5. The molecule has 0 heterocycles. The van der Waals surface area contributed by atoms with Crippen LogP contribution in [0.25, 0.3) is 0 Å². The molecular formula is C12H29N2O5P. The zero-order valence-electron chi connectivity index (χ0n) is 13.4. The Hall–Kier alpha value is -0.0100. The maximum Gasteiger partial charge on any atom is 0.323 e. The summed E-state index contributed by atoms with van der Waals surface area (Å²) in [5.41, 5.74) is 0. The minimum Gasteiger partial charge on any atom is -0.279 e. The number of hydrogen-bond donors (Lipinski definition) is 0. The van der Waals surface area contributed by atoms with Crippen molar-refractivity contribution in [3.05, 3.63) is 0 Å². The Morgan fingerprint density at radius 1 is 0.800 bits per heavy atom. The first-order chi connectivity index (χ1) is 9.46. The monoisotopic (exact) mass is 312 g/mol. The Morgan fingerprint density at radius 2 is 1.10 bits per heavy atom. The summed E-state index contributed by atoms with van der Waals surface area (Å²) in [6.07, 6.45) is -1.25. The molecule has 20 heavy (non-hydrogen) atoms. The molecule has 0 aromatic heterocycles. The van der Waals surface area contributed by atoms with Gasteiger partial charge >= 0.3 is 8.25 Å². The molecule has 0 aromatic carbocycles. The van der Waals surface area contributed by atoms with Crippen molar-refractivity contribution in [2.45, 2.75) is 54.1 Å². The van der Waals surface area contributed by atoms with E-state index in [1.165, 1.54) is 0 Å². The molecule has 0 bridgehead atoms. The van der Waals surface area contributed by atoms with Crippen LogP contribution < -0.4 is 0 Å². The van der Waals surface area contributed by atoms with E-state index in [-0.39, 0.29) is 0 Å². The molecule has 0 rings (SSSR count). The van der Waals surface area contributed by atoms with E-state index in [0.717, 1.165) is 26.2 Å². The van der Waals surface area contributed by atoms with Crippen molar-refractivity contribution in [1.82, 2.24) is 10.1 Å². The molecule has 0 fully saturated rings. The van der Waals surface area contributed by atoms with Gasteiger partial charge in [0.05, 0.1) is 0 Å². The highest BCUT2D eigenvalue weighted by Crippen LogP contribution is 2.29. The van der Waals surface area contributed by atoms with Crippen LogP contribution in [0.5, 0.6) is 0 Å². The largest absolute Gasteiger partial charge is 0.323 e. The average Bonchev–Trinajstić information content (AvgIpc) is 2.41. The molecule has 0 N–H and O–H groups in total. The van der Waals surface area contributed by atoms with Crippen molar-refractivity contribution in [3.63, 3.8) is 0 Å². The van der Waals surface area contributed by atoms with Crippen LogP contribution in [0.15, 0.2) is 0 Å². The molecule has 8 heteroatoms. The molecule has 0 amide bonds. The molecule has 0 radical (unpaired) electrons. The molecule has 0 saturated carbocycles. The molecule has 122 valence electrons. The minimum absolute atomic E-state index is 0.623. The van der Waals surface area contributed by atoms with Crippen molar-refractivity contribution < 1.29 is 23.3 Å². The molecule has 0 aliphatic carbocycles. The highest BCUT2D eigenvalue weighted by Gasteiger charge is 2.16. The van der Waals surface area contributed by atoms with Crippen molar-refractivity contribution in [3.8, 4) is 0 Å². The van der Waals surface area contributed by atoms with Crippen LogP contribution in [0.4, 0.5) is 0 Å². The Balaban J connectivity index is 4.02. The van der Waals surface area contributed by atoms with Crippen LogP contribution in [0.2, 0.25) is 0 Å². The Bertz CT molecular complexity index is 238. The van der Waals surface area contributed by atoms with E-state index in [1.807, 2.05) is 27.7 Å². The molecular weight excluding hydrogens is 283 g/mol. The van der Waals surface area contributed by atoms with Gasteiger partial charge in [-0.3, -0.25) is 23.3 Å². The smallest absolute Gasteiger partial charge is 0.279 e. The maximum absolute atomic E-state index is 11.7. The van der Waals surface area contributed by atoms with E-state index in [4.69, 9.17) is 18.7 Å². The Labute approximate surface area is 123 Å². The summed E-state index contributed by atoms with van der Waals surface area (Å²) in [5, 5.41) is 3.44. The summed E-state index contributed by atoms with van der Waals surface area (Å²) in [6.45, 7) is 14.2. The maximum atomic E-state index is 11.7. The summed E-state index contributed by atoms with van der Waals surface area (Å²) in [7, 11) is -2.66. The predicted molar refractivity (Wildman–Crippen MR) is 78.1 cm³/mol. The fourth-order valence-electron chi connectivity index (χ4n) is 1.51. The summed E-state index contributed by atoms with van der Waals surface area (Å²) in [4.78, 5) is 10.9. The van der Waals surface area contributed by atoms with Crippen LogP contribution in [0.1, 0.15) is 41.5 Å². The van der Waals surface area contributed by atoms with E-state index < -0.39 is 20.8 Å². The normalized spacial score (nSPS) is 16.6. The van der Waals surface area contributed by atoms with Gasteiger partial charge in [0.15, 0.2) is 12.6 Å². The first kappa shape index (κ1) is 20.0. The predicted octanol–water partition coefficient (Wildman–Crippen LogP) is 2.65. The second kappa shape index (κ2) is 11.6. The first-order valence-corrected chi connectivity index (χ1v) is 8.39. The van der Waals surface area contributed by atoms with Gasteiger partial charge in [-0.15, -0.1) is 0 Å². The molecule has 0 spiro atoms. The van der Waals surface area contributed by atoms with Gasteiger partial charge in [-0.1, -0.05) is 27.7 Å². The molecule has 7 nitrogen and oxygen atoms in total. The van der Waals surface area contributed by atoms with E-state index in [0.29, 0.717) is 0 Å². The average molecular weight is 312 g/mol. The van der Waals surface area contributed by atoms with Crippen LogP contribution >= 0.6 is 8.25 Å². The lowest BCUT2D eigenvalue weighted by Gasteiger charge is -2.24. The van der Waals surface area contributed by atoms with Gasteiger partial charge in [0, 0.05) is 26.2 Å². The molecule has 0 aromatic rings. The fourth-order valence-corrected chi connectivity index (χ4v) is 2.19. The number of nitrogens with zero attached hydrogens (tertiary/aromatic N) is 2. The van der Waals surface area contributed by atoms with Crippen molar-refractivity contribution >= 4 is 8.25 Å². The summed E-state index contributed by atoms with van der Waals surface area (Å²) in [6, 6.07) is 0. The highest BCUT2D eigenvalue weighted by atomic mass is 31.1. The van der Waals surface area contributed by atoms with Gasteiger partial charge < -0.3 is 0 Å². The van der Waals surface area contributed by atoms with E-state index in [2.05, 4.69) is 0 Å². The first-order valence-electron chi connectivity index (χ1n) is 7.17. The van der Waals surface area contributed by atoms with Gasteiger partial charge in [-0.05, 0) is 13.8 Å². The topological polar surface area (TPSA) is 60.5 Å². The second-order valence-corrected chi connectivity index (χ2v) is 5.03. The molecule has 2 unspecified atom stereocenters. The number of rotatable bonds is 12. The lowest BCUT2D eigenvalue weighted by molar-refractivity contribution is -0.257. The van der Waals surface area contributed by atoms with Gasteiger partial charge in [-0.25, -0.2) is 0 Å². The lowest BCUT2D eigenvalue weighted by Crippen LogP contribution is -2.30. The van der Waals surface area contributed by atoms with Crippen LogP contribution in [0.3, 0.4) is 0 Å². The van der Waals surface area contributed by atoms with Gasteiger partial charge in [0.2, 0.25) is 0 Å². The third-order valence-corrected chi connectivity index (χ3v) is 3.58. The van der Waals surface area contributed by atoms with Crippen molar-refractivity contribution in [1.29, 1.82) is 0 Å². The fraction of sp³-hybridized carbons (Fsp3) is 1.00. The van der Waals surface area contributed by atoms with E-state index in [1.54, 1.807) is 24.0 Å². The minimum atomic E-state index is -2.66. The summed E-state index contributed by atoms with van der Waals surface area (Å²) >= 11 is 0. The quantitative estimate of drug-likeness (QED) is 0.312. The highest BCUT2D eigenvalue weighted by molar-refractivity contribution is 7.33. The Morgan fingerprint density at radius 3 is 1.35 bits per heavy atom. The van der Waals surface area contributed by atoms with Gasteiger partial charge in [0.25, 0.3) is 0 Å². The van der Waals surface area contributed by atoms with Gasteiger partial charge in [0.1, 0.15) is 0 Å². The Kier molecular flexibility index (Phi) is 11.6. The van der Waals surface area contributed by atoms with Crippen LogP contribution in [-0.2, 0) is 23.3 Å². The lowest BCUT2D eigenvalue weighted by atomic mass is 10.6. The third-order valence-electron chi connectivity index (χ3n) is 2.53. The zero-order valence-corrected chi connectivity index (χ0v) is 14.4. The van der Waals surface area contributed by atoms with Gasteiger partial charge in [-0.2, -0.15) is 10.1 Å². The van der Waals surface area contributed by atoms with Crippen molar-refractivity contribution in [2.24, 2.45) is 0 Å². The SMILES string of the molecule is CCN(CC)OC(C)O[PH](=O)OC(C)ON(CC)CC.